The first-order valence-corrected chi connectivity index (χ1v) is 5.67. The van der Waals surface area contributed by atoms with Gasteiger partial charge in [-0.3, -0.25) is 10.1 Å². The van der Waals surface area contributed by atoms with Gasteiger partial charge in [-0.1, -0.05) is 12.1 Å². The molecule has 2 N–H and O–H groups in total. The second-order valence-electron chi connectivity index (χ2n) is 3.82. The average Bonchev–Trinajstić information content (AvgIpc) is 2.47. The molecule has 21 heavy (non-hydrogen) atoms. The molecule has 0 fully saturated rings. The molecule has 2 aromatic rings. The van der Waals surface area contributed by atoms with Crippen LogP contribution in [-0.2, 0) is 0 Å². The summed E-state index contributed by atoms with van der Waals surface area (Å²) < 4.78 is 5.11. The molecule has 1 aromatic heterocycles. The molecule has 1 aromatic carbocycles. The molecule has 0 atom stereocenters. The van der Waals surface area contributed by atoms with Gasteiger partial charge in [0, 0.05) is 0 Å². The van der Waals surface area contributed by atoms with Crippen molar-refractivity contribution >= 4 is 23.3 Å². The van der Waals surface area contributed by atoms with Crippen LogP contribution in [0.3, 0.4) is 0 Å². The van der Waals surface area contributed by atoms with Crippen molar-refractivity contribution in [1.82, 2.24) is 9.97 Å². The van der Waals surface area contributed by atoms with Gasteiger partial charge < -0.3 is 15.2 Å². The van der Waals surface area contributed by atoms with Crippen LogP contribution in [0.25, 0.3) is 0 Å². The first-order valence-electron chi connectivity index (χ1n) is 5.67. The highest BCUT2D eigenvalue weighted by molar-refractivity contribution is 5.90. The maximum atomic E-state index is 11.0. The Hall–Kier alpha value is -3.23. The molecule has 0 saturated carbocycles. The van der Waals surface area contributed by atoms with Crippen molar-refractivity contribution in [3.8, 4) is 5.75 Å². The number of rotatable bonds is 5. The van der Waals surface area contributed by atoms with Crippen molar-refractivity contribution < 1.29 is 19.6 Å². The van der Waals surface area contributed by atoms with Crippen LogP contribution in [0.2, 0.25) is 0 Å². The van der Waals surface area contributed by atoms with Crippen molar-refractivity contribution in [2.24, 2.45) is 0 Å². The second-order valence-corrected chi connectivity index (χ2v) is 3.82. The largest absolute Gasteiger partial charge is 0.495 e. The Bertz CT molecular complexity index is 704. The fourth-order valence-corrected chi connectivity index (χ4v) is 1.60. The SMILES string of the molecule is COc1ccccc1Nc1ncc([N+](=O)[O-])c(C(=O)O)n1. The predicted octanol–water partition coefficient (Wildman–Crippen LogP) is 1.84. The van der Waals surface area contributed by atoms with E-state index < -0.39 is 22.3 Å². The molecule has 1 heterocycles. The van der Waals surface area contributed by atoms with Crippen molar-refractivity contribution in [3.63, 3.8) is 0 Å². The number of aromatic carboxylic acids is 1. The van der Waals surface area contributed by atoms with Gasteiger partial charge in [-0.2, -0.15) is 4.98 Å². The van der Waals surface area contributed by atoms with Gasteiger partial charge in [0.1, 0.15) is 11.9 Å². The number of hydrogen-bond acceptors (Lipinski definition) is 7. The van der Waals surface area contributed by atoms with Crippen LogP contribution in [0, 0.1) is 10.1 Å². The van der Waals surface area contributed by atoms with Crippen LogP contribution >= 0.6 is 0 Å². The second kappa shape index (κ2) is 5.82. The topological polar surface area (TPSA) is 127 Å². The summed E-state index contributed by atoms with van der Waals surface area (Å²) in [6, 6.07) is 6.84. The van der Waals surface area contributed by atoms with E-state index in [1.165, 1.54) is 7.11 Å². The molecule has 2 rings (SSSR count). The van der Waals surface area contributed by atoms with E-state index in [0.717, 1.165) is 6.20 Å². The van der Waals surface area contributed by atoms with Gasteiger partial charge in [0.25, 0.3) is 0 Å². The molecular weight excluding hydrogens is 280 g/mol. The van der Waals surface area contributed by atoms with Crippen LogP contribution in [0.1, 0.15) is 10.5 Å². The van der Waals surface area contributed by atoms with Crippen molar-refractivity contribution in [2.45, 2.75) is 0 Å². The predicted molar refractivity (Wildman–Crippen MR) is 71.9 cm³/mol. The van der Waals surface area contributed by atoms with E-state index >= 15 is 0 Å². The molecule has 0 amide bonds. The van der Waals surface area contributed by atoms with Gasteiger partial charge in [0.2, 0.25) is 11.6 Å². The summed E-state index contributed by atoms with van der Waals surface area (Å²) in [6.07, 6.45) is 0.841. The third kappa shape index (κ3) is 3.03. The Morgan fingerprint density at radius 1 is 1.43 bits per heavy atom. The zero-order valence-corrected chi connectivity index (χ0v) is 10.8. The lowest BCUT2D eigenvalue weighted by Gasteiger charge is -2.09. The van der Waals surface area contributed by atoms with Crippen LogP contribution in [-0.4, -0.2) is 33.1 Å². The number of hydrogen-bond donors (Lipinski definition) is 2. The van der Waals surface area contributed by atoms with Crippen molar-refractivity contribution in [3.05, 3.63) is 46.3 Å². The minimum atomic E-state index is -1.51. The molecule has 0 aliphatic carbocycles. The number of anilines is 2. The molecule has 0 saturated heterocycles. The van der Waals surface area contributed by atoms with Crippen LogP contribution < -0.4 is 10.1 Å². The van der Waals surface area contributed by atoms with E-state index in [9.17, 15) is 14.9 Å². The zero-order valence-electron chi connectivity index (χ0n) is 10.8. The highest BCUT2D eigenvalue weighted by Crippen LogP contribution is 2.26. The summed E-state index contributed by atoms with van der Waals surface area (Å²) in [5.41, 5.74) is -0.856. The van der Waals surface area contributed by atoms with E-state index in [1.807, 2.05) is 0 Å². The van der Waals surface area contributed by atoms with Gasteiger partial charge in [0.05, 0.1) is 17.7 Å². The van der Waals surface area contributed by atoms with Crippen LogP contribution in [0.4, 0.5) is 17.3 Å². The summed E-state index contributed by atoms with van der Waals surface area (Å²) in [5, 5.41) is 22.4. The molecule has 0 aliphatic rings. The fraction of sp³-hybridized carbons (Fsp3) is 0.0833. The Morgan fingerprint density at radius 2 is 2.14 bits per heavy atom. The maximum Gasteiger partial charge on any atom is 0.361 e. The third-order valence-electron chi connectivity index (χ3n) is 2.52. The summed E-state index contributed by atoms with van der Waals surface area (Å²) in [5.74, 6) is -1.09. The van der Waals surface area contributed by atoms with Gasteiger partial charge in [-0.25, -0.2) is 9.78 Å². The lowest BCUT2D eigenvalue weighted by molar-refractivity contribution is -0.385. The van der Waals surface area contributed by atoms with Gasteiger partial charge in [0.15, 0.2) is 0 Å². The van der Waals surface area contributed by atoms with E-state index in [4.69, 9.17) is 9.84 Å². The number of carboxylic acids is 1. The van der Waals surface area contributed by atoms with E-state index in [0.29, 0.717) is 11.4 Å². The zero-order chi connectivity index (χ0) is 15.4. The molecule has 0 spiro atoms. The molecule has 0 radical (unpaired) electrons. The molecular formula is C12H10N4O5. The molecule has 9 nitrogen and oxygen atoms in total. The molecule has 0 bridgehead atoms. The summed E-state index contributed by atoms with van der Waals surface area (Å²) in [7, 11) is 1.47. The maximum absolute atomic E-state index is 11.0. The summed E-state index contributed by atoms with van der Waals surface area (Å²) in [6.45, 7) is 0. The number of para-hydroxylation sites is 2. The fourth-order valence-electron chi connectivity index (χ4n) is 1.60. The van der Waals surface area contributed by atoms with E-state index in [1.54, 1.807) is 24.3 Å². The molecule has 0 unspecified atom stereocenters. The smallest absolute Gasteiger partial charge is 0.361 e. The average molecular weight is 290 g/mol. The van der Waals surface area contributed by atoms with Gasteiger partial charge >= 0.3 is 11.7 Å². The van der Waals surface area contributed by atoms with Crippen LogP contribution in [0.15, 0.2) is 30.5 Å². The number of methoxy groups -OCH3 is 1. The first-order chi connectivity index (χ1) is 10.0. The van der Waals surface area contributed by atoms with Crippen molar-refractivity contribution in [2.75, 3.05) is 12.4 Å². The Morgan fingerprint density at radius 3 is 2.76 bits per heavy atom. The van der Waals surface area contributed by atoms with Gasteiger partial charge in [-0.15, -0.1) is 0 Å². The Balaban J connectivity index is 2.39. The molecule has 0 aliphatic heterocycles. The summed E-state index contributed by atoms with van der Waals surface area (Å²) in [4.78, 5) is 28.3. The summed E-state index contributed by atoms with van der Waals surface area (Å²) >= 11 is 0. The third-order valence-corrected chi connectivity index (χ3v) is 2.52. The van der Waals surface area contributed by atoms with E-state index in [-0.39, 0.29) is 5.95 Å². The number of nitrogens with one attached hydrogen (secondary N) is 1. The number of carboxylic acid groups (broad SMARTS) is 1. The number of nitro groups is 1. The lowest BCUT2D eigenvalue weighted by atomic mass is 10.3. The Labute approximate surface area is 118 Å². The number of nitrogens with zero attached hydrogens (tertiary/aromatic N) is 3. The Kier molecular flexibility index (Phi) is 3.93. The number of carbonyl (C=O) groups is 1. The highest BCUT2D eigenvalue weighted by atomic mass is 16.6. The number of benzene rings is 1. The number of aromatic nitrogens is 2. The quantitative estimate of drug-likeness (QED) is 0.630. The minimum absolute atomic E-state index is 0.0810. The minimum Gasteiger partial charge on any atom is -0.495 e. The molecule has 108 valence electrons. The lowest BCUT2D eigenvalue weighted by Crippen LogP contribution is -2.09. The first kappa shape index (κ1) is 14.2. The normalized spacial score (nSPS) is 9.95. The monoisotopic (exact) mass is 290 g/mol. The standard InChI is InChI=1S/C12H10N4O5/c1-21-9-5-3-2-4-7(9)14-12-13-6-8(16(19)20)10(15-12)11(17)18/h2-6H,1H3,(H,17,18)(H,13,14,15). The van der Waals surface area contributed by atoms with Gasteiger partial charge in [-0.05, 0) is 12.1 Å². The van der Waals surface area contributed by atoms with Crippen molar-refractivity contribution in [1.29, 1.82) is 0 Å². The number of ether oxygens (including phenoxy) is 1. The molecule has 9 heteroatoms. The highest BCUT2D eigenvalue weighted by Gasteiger charge is 2.23. The van der Waals surface area contributed by atoms with E-state index in [2.05, 4.69) is 15.3 Å². The van der Waals surface area contributed by atoms with Crippen LogP contribution in [0.5, 0.6) is 5.75 Å².